The molecule has 2 aliphatic rings. The van der Waals surface area contributed by atoms with Gasteiger partial charge in [-0.15, -0.1) is 0 Å². The molecule has 218 valence electrons. The average molecular weight is 569 g/mol. The van der Waals surface area contributed by atoms with E-state index in [4.69, 9.17) is 33.2 Å². The fourth-order valence-corrected chi connectivity index (χ4v) is 5.26. The van der Waals surface area contributed by atoms with E-state index >= 15 is 0 Å². The SMILES string of the molecule is COc1ccc(C2OCC3O[C@H](OCc4ccccc4)C(OCc4ccccc4)[C@H](OCc4ccccc4)[C@@H]3O2)cc1. The van der Waals surface area contributed by atoms with E-state index in [-0.39, 0.29) is 0 Å². The lowest BCUT2D eigenvalue weighted by Crippen LogP contribution is -2.63. The van der Waals surface area contributed by atoms with Gasteiger partial charge in [-0.3, -0.25) is 0 Å². The Hall–Kier alpha value is -3.56. The molecule has 0 bridgehead atoms. The number of hydrogen-bond donors (Lipinski definition) is 0. The lowest BCUT2D eigenvalue weighted by molar-refractivity contribution is -0.374. The Kier molecular flexibility index (Phi) is 9.57. The van der Waals surface area contributed by atoms with Crippen LogP contribution in [0, 0.1) is 0 Å². The van der Waals surface area contributed by atoms with E-state index in [2.05, 4.69) is 0 Å². The van der Waals surface area contributed by atoms with Crippen LogP contribution in [-0.2, 0) is 48.2 Å². The molecule has 0 aromatic heterocycles. The Balaban J connectivity index is 1.27. The molecule has 6 atom stereocenters. The van der Waals surface area contributed by atoms with Crippen molar-refractivity contribution in [1.82, 2.24) is 0 Å². The van der Waals surface area contributed by atoms with E-state index in [1.807, 2.05) is 115 Å². The number of ether oxygens (including phenoxy) is 7. The largest absolute Gasteiger partial charge is 0.497 e. The first-order chi connectivity index (χ1) is 20.8. The van der Waals surface area contributed by atoms with Crippen LogP contribution in [0.3, 0.4) is 0 Å². The topological polar surface area (TPSA) is 64.6 Å². The Morgan fingerprint density at radius 3 is 1.67 bits per heavy atom. The van der Waals surface area contributed by atoms with Gasteiger partial charge in [0.2, 0.25) is 0 Å². The van der Waals surface area contributed by atoms with Gasteiger partial charge in [0, 0.05) is 5.56 Å². The molecule has 0 spiro atoms. The number of rotatable bonds is 11. The first-order valence-corrected chi connectivity index (χ1v) is 14.3. The molecule has 0 aliphatic carbocycles. The third kappa shape index (κ3) is 7.07. The van der Waals surface area contributed by atoms with Crippen molar-refractivity contribution in [2.24, 2.45) is 0 Å². The molecule has 2 heterocycles. The molecule has 2 fully saturated rings. The molecule has 2 aliphatic heterocycles. The van der Waals surface area contributed by atoms with Gasteiger partial charge in [-0.25, -0.2) is 0 Å². The highest BCUT2D eigenvalue weighted by Crippen LogP contribution is 2.38. The molecular weight excluding hydrogens is 532 g/mol. The summed E-state index contributed by atoms with van der Waals surface area (Å²) in [4.78, 5) is 0. The highest BCUT2D eigenvalue weighted by Gasteiger charge is 2.52. The lowest BCUT2D eigenvalue weighted by Gasteiger charge is -2.49. The standard InChI is InChI=1S/C35H36O7/c1-36-29-19-17-28(18-20-29)34-40-24-30-31(42-34)32(37-21-25-11-5-2-6-12-25)33(38-22-26-13-7-3-8-14-26)35(41-30)39-23-27-15-9-4-10-16-27/h2-20,30-35H,21-24H2,1H3/t30?,31-,32-,33?,34?,35+/m1/s1. The van der Waals surface area contributed by atoms with E-state index in [0.29, 0.717) is 26.4 Å². The Morgan fingerprint density at radius 2 is 1.12 bits per heavy atom. The average Bonchev–Trinajstić information content (AvgIpc) is 3.06. The van der Waals surface area contributed by atoms with Crippen molar-refractivity contribution in [2.75, 3.05) is 13.7 Å². The van der Waals surface area contributed by atoms with Gasteiger partial charge < -0.3 is 33.2 Å². The Labute approximate surface area is 246 Å². The van der Waals surface area contributed by atoms with E-state index < -0.39 is 37.0 Å². The summed E-state index contributed by atoms with van der Waals surface area (Å²) in [6, 6.07) is 37.9. The van der Waals surface area contributed by atoms with E-state index in [9.17, 15) is 0 Å². The van der Waals surface area contributed by atoms with Crippen LogP contribution in [0.2, 0.25) is 0 Å². The molecule has 4 aromatic rings. The highest BCUT2D eigenvalue weighted by atomic mass is 16.8. The second kappa shape index (κ2) is 14.1. The quantitative estimate of drug-likeness (QED) is 0.213. The van der Waals surface area contributed by atoms with Crippen LogP contribution >= 0.6 is 0 Å². The van der Waals surface area contributed by atoms with E-state index in [1.165, 1.54) is 0 Å². The second-order valence-corrected chi connectivity index (χ2v) is 10.4. The summed E-state index contributed by atoms with van der Waals surface area (Å²) in [5.41, 5.74) is 4.04. The van der Waals surface area contributed by atoms with Crippen LogP contribution in [0.15, 0.2) is 115 Å². The van der Waals surface area contributed by atoms with Gasteiger partial charge in [-0.1, -0.05) is 103 Å². The number of methoxy groups -OCH3 is 1. The molecule has 2 saturated heterocycles. The summed E-state index contributed by atoms with van der Waals surface area (Å²) < 4.78 is 44.2. The zero-order chi connectivity index (χ0) is 28.6. The fourth-order valence-electron chi connectivity index (χ4n) is 5.26. The molecular formula is C35H36O7. The third-order valence-corrected chi connectivity index (χ3v) is 7.50. The van der Waals surface area contributed by atoms with Gasteiger partial charge in [0.25, 0.3) is 0 Å². The third-order valence-electron chi connectivity index (χ3n) is 7.50. The number of benzene rings is 4. The fraction of sp³-hybridized carbons (Fsp3) is 0.314. The predicted molar refractivity (Wildman–Crippen MR) is 156 cm³/mol. The van der Waals surface area contributed by atoms with Crippen molar-refractivity contribution >= 4 is 0 Å². The summed E-state index contributed by atoms with van der Waals surface area (Å²) >= 11 is 0. The van der Waals surface area contributed by atoms with Gasteiger partial charge in [0.05, 0.1) is 33.5 Å². The minimum Gasteiger partial charge on any atom is -0.497 e. The van der Waals surface area contributed by atoms with Crippen LogP contribution in [0.1, 0.15) is 28.5 Å². The predicted octanol–water partition coefficient (Wildman–Crippen LogP) is 6.22. The van der Waals surface area contributed by atoms with E-state index in [0.717, 1.165) is 28.0 Å². The van der Waals surface area contributed by atoms with Crippen LogP contribution in [0.25, 0.3) is 0 Å². The maximum Gasteiger partial charge on any atom is 0.187 e. The van der Waals surface area contributed by atoms with Crippen LogP contribution < -0.4 is 4.74 Å². The van der Waals surface area contributed by atoms with Crippen molar-refractivity contribution in [1.29, 1.82) is 0 Å². The molecule has 7 heteroatoms. The molecule has 0 amide bonds. The summed E-state index contributed by atoms with van der Waals surface area (Å²) in [7, 11) is 1.65. The smallest absolute Gasteiger partial charge is 0.187 e. The number of hydrogen-bond acceptors (Lipinski definition) is 7. The Bertz CT molecular complexity index is 1350. The summed E-state index contributed by atoms with van der Waals surface area (Å²) in [6.07, 6.45) is -3.18. The normalized spacial score (nSPS) is 25.5. The van der Waals surface area contributed by atoms with Crippen molar-refractivity contribution in [3.05, 3.63) is 138 Å². The van der Waals surface area contributed by atoms with Gasteiger partial charge in [-0.05, 0) is 28.8 Å². The van der Waals surface area contributed by atoms with Crippen molar-refractivity contribution in [3.63, 3.8) is 0 Å². The summed E-state index contributed by atoms with van der Waals surface area (Å²) in [5.74, 6) is 0.769. The molecule has 42 heavy (non-hydrogen) atoms. The molecule has 0 N–H and O–H groups in total. The lowest BCUT2D eigenvalue weighted by atomic mass is 9.97. The van der Waals surface area contributed by atoms with Crippen LogP contribution in [0.4, 0.5) is 0 Å². The number of fused-ring (bicyclic) bond motifs is 1. The minimum absolute atomic E-state index is 0.323. The van der Waals surface area contributed by atoms with Crippen molar-refractivity contribution in [2.45, 2.75) is 56.8 Å². The summed E-state index contributed by atoms with van der Waals surface area (Å²) in [5, 5.41) is 0. The molecule has 7 nitrogen and oxygen atoms in total. The minimum atomic E-state index is -0.694. The van der Waals surface area contributed by atoms with Gasteiger partial charge in [-0.2, -0.15) is 0 Å². The first kappa shape index (κ1) is 28.6. The second-order valence-electron chi connectivity index (χ2n) is 10.4. The van der Waals surface area contributed by atoms with Gasteiger partial charge >= 0.3 is 0 Å². The molecule has 0 radical (unpaired) electrons. The Morgan fingerprint density at radius 1 is 0.595 bits per heavy atom. The van der Waals surface area contributed by atoms with Crippen molar-refractivity contribution in [3.8, 4) is 5.75 Å². The molecule has 6 rings (SSSR count). The maximum atomic E-state index is 6.66. The summed E-state index contributed by atoms with van der Waals surface area (Å²) in [6.45, 7) is 1.46. The van der Waals surface area contributed by atoms with Crippen LogP contribution in [-0.4, -0.2) is 44.4 Å². The zero-order valence-corrected chi connectivity index (χ0v) is 23.6. The molecule has 0 saturated carbocycles. The van der Waals surface area contributed by atoms with Crippen LogP contribution in [0.5, 0.6) is 5.75 Å². The van der Waals surface area contributed by atoms with Crippen molar-refractivity contribution < 1.29 is 33.2 Å². The highest BCUT2D eigenvalue weighted by molar-refractivity contribution is 5.28. The monoisotopic (exact) mass is 568 g/mol. The first-order valence-electron chi connectivity index (χ1n) is 14.3. The zero-order valence-electron chi connectivity index (χ0n) is 23.6. The van der Waals surface area contributed by atoms with E-state index in [1.54, 1.807) is 7.11 Å². The van der Waals surface area contributed by atoms with Gasteiger partial charge in [0.15, 0.2) is 12.6 Å². The maximum absolute atomic E-state index is 6.66. The van der Waals surface area contributed by atoms with Gasteiger partial charge in [0.1, 0.15) is 30.2 Å². The molecule has 4 aromatic carbocycles. The molecule has 3 unspecified atom stereocenters.